The maximum absolute atomic E-state index is 11.1. The number of anilines is 2. The summed E-state index contributed by atoms with van der Waals surface area (Å²) in [5.41, 5.74) is 14.2. The summed E-state index contributed by atoms with van der Waals surface area (Å²) in [4.78, 5) is 21.6. The van der Waals surface area contributed by atoms with Crippen molar-refractivity contribution >= 4 is 33.7 Å². The molecule has 0 aromatic heterocycles. The third-order valence-electron chi connectivity index (χ3n) is 3.05. The second-order valence-electron chi connectivity index (χ2n) is 5.43. The summed E-state index contributed by atoms with van der Waals surface area (Å²) in [6.45, 7) is 3.72. The average molecular weight is 446 g/mol. The van der Waals surface area contributed by atoms with Crippen molar-refractivity contribution in [2.24, 2.45) is 0 Å². The van der Waals surface area contributed by atoms with E-state index in [2.05, 4.69) is 4.74 Å². The topological polar surface area (TPSA) is 210 Å². The highest BCUT2D eigenvalue weighted by Crippen LogP contribution is 2.14. The molecule has 0 aliphatic rings. The lowest BCUT2D eigenvalue weighted by atomic mass is 10.1. The van der Waals surface area contributed by atoms with Gasteiger partial charge in [0.2, 0.25) is 0 Å². The molecule has 2 aromatic carbocycles. The molecule has 0 saturated carbocycles. The molecule has 11 nitrogen and oxygen atoms in total. The van der Waals surface area contributed by atoms with Crippen LogP contribution in [-0.2, 0) is 15.1 Å². The number of aryl methyl sites for hydroxylation is 2. The Bertz CT molecular complexity index is 937. The number of esters is 1. The van der Waals surface area contributed by atoms with Gasteiger partial charge in [0, 0.05) is 18.5 Å². The van der Waals surface area contributed by atoms with Gasteiger partial charge in [-0.15, -0.1) is 0 Å². The van der Waals surface area contributed by atoms with Crippen LogP contribution in [0.1, 0.15) is 31.8 Å². The standard InChI is InChI=1S/C9H11NO2.C8H9NO2.CH4O.H2O4S/c1-6-3-4-8(10)7(5-6)9(11)12-2;1-5-2-3-7(9)6(4-5)8(10)11;1-2;1-5(2,3)4/h3-5H,10H2,1-2H3;2-4H,9H2,1H3,(H,10,11);2H,1H3;(H2,1,2,3,4). The number of aliphatic hydroxyl groups excluding tert-OH is 1. The third-order valence-corrected chi connectivity index (χ3v) is 3.05. The molecule has 0 heterocycles. The first-order valence-corrected chi connectivity index (χ1v) is 9.34. The van der Waals surface area contributed by atoms with Crippen LogP contribution in [0.15, 0.2) is 36.4 Å². The highest BCUT2D eigenvalue weighted by molar-refractivity contribution is 7.79. The van der Waals surface area contributed by atoms with Crippen LogP contribution in [0.5, 0.6) is 0 Å². The number of carbonyl (C=O) groups excluding carboxylic acids is 1. The first-order chi connectivity index (χ1) is 13.8. The van der Waals surface area contributed by atoms with Gasteiger partial charge in [0.15, 0.2) is 0 Å². The number of carbonyl (C=O) groups is 2. The largest absolute Gasteiger partial charge is 0.478 e. The minimum atomic E-state index is -4.67. The normalized spacial score (nSPS) is 9.43. The van der Waals surface area contributed by atoms with E-state index in [1.54, 1.807) is 30.3 Å². The lowest BCUT2D eigenvalue weighted by Gasteiger charge is -2.03. The fourth-order valence-electron chi connectivity index (χ4n) is 1.81. The number of methoxy groups -OCH3 is 1. The fraction of sp³-hybridized carbons (Fsp3) is 0.222. The number of aliphatic hydroxyl groups is 1. The number of nitrogens with two attached hydrogens (primary N) is 2. The van der Waals surface area contributed by atoms with Crippen molar-refractivity contribution in [3.8, 4) is 0 Å². The Balaban J connectivity index is 0. The molecule has 0 spiro atoms. The van der Waals surface area contributed by atoms with Crippen molar-refractivity contribution in [3.63, 3.8) is 0 Å². The molecule has 0 atom stereocenters. The van der Waals surface area contributed by atoms with Crippen molar-refractivity contribution in [1.82, 2.24) is 0 Å². The molecule has 0 radical (unpaired) electrons. The maximum Gasteiger partial charge on any atom is 0.394 e. The molecule has 2 rings (SSSR count). The monoisotopic (exact) mass is 446 g/mol. The van der Waals surface area contributed by atoms with E-state index < -0.39 is 22.3 Å². The molecule has 0 amide bonds. The van der Waals surface area contributed by atoms with E-state index in [0.717, 1.165) is 18.2 Å². The highest BCUT2D eigenvalue weighted by atomic mass is 32.3. The zero-order chi connectivity index (χ0) is 24.1. The molecule has 30 heavy (non-hydrogen) atoms. The van der Waals surface area contributed by atoms with Crippen molar-refractivity contribution in [2.45, 2.75) is 13.8 Å². The highest BCUT2D eigenvalue weighted by Gasteiger charge is 2.08. The molecule has 0 unspecified atom stereocenters. The summed E-state index contributed by atoms with van der Waals surface area (Å²) < 4.78 is 36.1. The molecule has 0 aliphatic heterocycles. The summed E-state index contributed by atoms with van der Waals surface area (Å²) >= 11 is 0. The summed E-state index contributed by atoms with van der Waals surface area (Å²) in [5, 5.41) is 15.6. The quantitative estimate of drug-likeness (QED) is 0.221. The van der Waals surface area contributed by atoms with Crippen molar-refractivity contribution in [2.75, 3.05) is 25.7 Å². The number of benzene rings is 2. The van der Waals surface area contributed by atoms with E-state index in [4.69, 9.17) is 39.2 Å². The molecule has 0 saturated heterocycles. The lowest BCUT2D eigenvalue weighted by molar-refractivity contribution is 0.0601. The Kier molecular flexibility index (Phi) is 13.4. The predicted molar refractivity (Wildman–Crippen MR) is 112 cm³/mol. The smallest absolute Gasteiger partial charge is 0.394 e. The molecule has 168 valence electrons. The molecule has 0 bridgehead atoms. The summed E-state index contributed by atoms with van der Waals surface area (Å²) in [5.74, 6) is -1.37. The van der Waals surface area contributed by atoms with Gasteiger partial charge in [-0.25, -0.2) is 9.59 Å². The van der Waals surface area contributed by atoms with Crippen LogP contribution in [0.3, 0.4) is 0 Å². The van der Waals surface area contributed by atoms with Crippen molar-refractivity contribution < 1.29 is 42.1 Å². The van der Waals surface area contributed by atoms with Crippen molar-refractivity contribution in [1.29, 1.82) is 0 Å². The molecule has 0 fully saturated rings. The first-order valence-electron chi connectivity index (χ1n) is 7.94. The number of hydrogen-bond donors (Lipinski definition) is 6. The van der Waals surface area contributed by atoms with E-state index >= 15 is 0 Å². The molecule has 2 aromatic rings. The average Bonchev–Trinajstić information content (AvgIpc) is 2.65. The van der Waals surface area contributed by atoms with Gasteiger partial charge in [0.25, 0.3) is 0 Å². The molecule has 0 aliphatic carbocycles. The number of aromatic carboxylic acids is 1. The molecular weight excluding hydrogens is 420 g/mol. The zero-order valence-electron chi connectivity index (χ0n) is 16.9. The lowest BCUT2D eigenvalue weighted by Crippen LogP contribution is -2.05. The minimum absolute atomic E-state index is 0.171. The van der Waals surface area contributed by atoms with E-state index in [0.29, 0.717) is 16.9 Å². The van der Waals surface area contributed by atoms with Gasteiger partial charge < -0.3 is 26.4 Å². The predicted octanol–water partition coefficient (Wildman–Crippen LogP) is 1.59. The SMILES string of the molecule is CO.COC(=O)c1cc(C)ccc1N.Cc1ccc(N)c(C(=O)O)c1.O=S(=O)(O)O. The number of ether oxygens (including phenoxy) is 1. The van der Waals surface area contributed by atoms with Gasteiger partial charge in [-0.2, -0.15) is 8.42 Å². The number of carboxylic acids is 1. The van der Waals surface area contributed by atoms with Crippen LogP contribution in [0.4, 0.5) is 11.4 Å². The molecular formula is C18H26N2O9S. The minimum Gasteiger partial charge on any atom is -0.478 e. The Morgan fingerprint density at radius 3 is 1.50 bits per heavy atom. The van der Waals surface area contributed by atoms with Crippen LogP contribution in [0.25, 0.3) is 0 Å². The molecule has 12 heteroatoms. The summed E-state index contributed by atoms with van der Waals surface area (Å²) in [7, 11) is -2.33. The van der Waals surface area contributed by atoms with Gasteiger partial charge in [-0.1, -0.05) is 23.3 Å². The Hall–Kier alpha value is -3.19. The van der Waals surface area contributed by atoms with Crippen LogP contribution in [0, 0.1) is 13.8 Å². The van der Waals surface area contributed by atoms with Crippen LogP contribution in [0.2, 0.25) is 0 Å². The Morgan fingerprint density at radius 2 is 1.20 bits per heavy atom. The van der Waals surface area contributed by atoms with Gasteiger partial charge in [0.05, 0.1) is 18.2 Å². The number of nitrogen functional groups attached to an aromatic ring is 2. The Labute approximate surface area is 174 Å². The zero-order valence-corrected chi connectivity index (χ0v) is 17.7. The second kappa shape index (κ2) is 13.9. The van der Waals surface area contributed by atoms with Gasteiger partial charge in [-0.3, -0.25) is 9.11 Å². The fourth-order valence-corrected chi connectivity index (χ4v) is 1.81. The van der Waals surface area contributed by atoms with Gasteiger partial charge in [0.1, 0.15) is 0 Å². The van der Waals surface area contributed by atoms with Gasteiger partial charge in [-0.05, 0) is 38.1 Å². The number of rotatable bonds is 2. The van der Waals surface area contributed by atoms with Gasteiger partial charge >= 0.3 is 22.3 Å². The van der Waals surface area contributed by atoms with Crippen LogP contribution >= 0.6 is 0 Å². The second-order valence-corrected chi connectivity index (χ2v) is 6.32. The third kappa shape index (κ3) is 13.1. The van der Waals surface area contributed by atoms with Crippen LogP contribution < -0.4 is 11.5 Å². The number of hydrogen-bond acceptors (Lipinski definition) is 8. The van der Waals surface area contributed by atoms with Crippen molar-refractivity contribution in [3.05, 3.63) is 58.7 Å². The summed E-state index contributed by atoms with van der Waals surface area (Å²) in [6, 6.07) is 10.2. The summed E-state index contributed by atoms with van der Waals surface area (Å²) in [6.07, 6.45) is 0. The Morgan fingerprint density at radius 1 is 0.867 bits per heavy atom. The maximum atomic E-state index is 11.1. The van der Waals surface area contributed by atoms with E-state index in [1.807, 2.05) is 19.9 Å². The van der Waals surface area contributed by atoms with Crippen LogP contribution in [-0.4, -0.2) is 53.9 Å². The molecule has 8 N–H and O–H groups in total. The first kappa shape index (κ1) is 29.0. The number of carboxylic acid groups (broad SMARTS) is 1. The van der Waals surface area contributed by atoms with E-state index in [9.17, 15) is 9.59 Å². The van der Waals surface area contributed by atoms with E-state index in [1.165, 1.54) is 7.11 Å². The van der Waals surface area contributed by atoms with E-state index in [-0.39, 0.29) is 5.56 Å².